The molecule has 30 heavy (non-hydrogen) atoms. The van der Waals surface area contributed by atoms with E-state index in [4.69, 9.17) is 5.11 Å². The second kappa shape index (κ2) is 7.96. The molecule has 0 bridgehead atoms. The monoisotopic (exact) mass is 419 g/mol. The fourth-order valence-corrected chi connectivity index (χ4v) is 3.66. The highest BCUT2D eigenvalue weighted by Crippen LogP contribution is 2.31. The van der Waals surface area contributed by atoms with Gasteiger partial charge in [0.05, 0.1) is 22.7 Å². The number of thiazole rings is 1. The first-order valence-electron chi connectivity index (χ1n) is 9.08. The lowest BCUT2D eigenvalue weighted by molar-refractivity contribution is -0.117. The normalized spacial score (nSPS) is 16.3. The Hall–Kier alpha value is -3.72. The van der Waals surface area contributed by atoms with Gasteiger partial charge in [0.2, 0.25) is 5.13 Å². The third-order valence-corrected chi connectivity index (χ3v) is 5.31. The van der Waals surface area contributed by atoms with E-state index in [0.29, 0.717) is 16.5 Å². The number of carboxylic acids is 1. The molecule has 0 spiro atoms. The van der Waals surface area contributed by atoms with Crippen LogP contribution in [0.3, 0.4) is 0 Å². The fourth-order valence-electron chi connectivity index (χ4n) is 2.87. The molecule has 1 amide bonds. The largest absolute Gasteiger partial charge is 0.478 e. The summed E-state index contributed by atoms with van der Waals surface area (Å²) < 4.78 is 0. The minimum Gasteiger partial charge on any atom is -0.478 e. The summed E-state index contributed by atoms with van der Waals surface area (Å²) in [7, 11) is 0. The number of nitrogens with zero attached hydrogens (tertiary/aromatic N) is 5. The highest BCUT2D eigenvalue weighted by atomic mass is 32.1. The molecule has 3 aromatic rings. The molecule has 150 valence electrons. The Bertz CT molecular complexity index is 1180. The van der Waals surface area contributed by atoms with Crippen LogP contribution in [0, 0.1) is 6.92 Å². The van der Waals surface area contributed by atoms with Crippen LogP contribution in [-0.2, 0) is 4.79 Å². The lowest BCUT2D eigenvalue weighted by Crippen LogP contribution is -2.29. The van der Waals surface area contributed by atoms with Crippen molar-refractivity contribution in [1.82, 2.24) is 4.98 Å². The van der Waals surface area contributed by atoms with Gasteiger partial charge in [-0.25, -0.2) is 9.78 Å². The zero-order valence-corrected chi connectivity index (χ0v) is 17.0. The van der Waals surface area contributed by atoms with Crippen LogP contribution in [0.5, 0.6) is 0 Å². The smallest absolute Gasteiger partial charge is 0.335 e. The minimum atomic E-state index is -1.05. The van der Waals surface area contributed by atoms with Crippen LogP contribution in [0.4, 0.5) is 10.8 Å². The van der Waals surface area contributed by atoms with Gasteiger partial charge in [-0.3, -0.25) is 4.79 Å². The maximum absolute atomic E-state index is 12.8. The zero-order chi connectivity index (χ0) is 21.3. The lowest BCUT2D eigenvalue weighted by atomic mass is 10.1. The van der Waals surface area contributed by atoms with Gasteiger partial charge in [0.15, 0.2) is 6.04 Å². The molecule has 0 radical (unpaired) electrons. The topological polar surface area (TPSA) is 108 Å². The number of azo groups is 1. The number of aromatic nitrogens is 1. The number of anilines is 1. The van der Waals surface area contributed by atoms with E-state index >= 15 is 0 Å². The van der Waals surface area contributed by atoms with Crippen LogP contribution >= 0.6 is 11.3 Å². The van der Waals surface area contributed by atoms with E-state index < -0.39 is 12.0 Å². The fraction of sp³-hybridized carbons (Fsp3) is 0.143. The Morgan fingerprint density at radius 3 is 2.67 bits per heavy atom. The van der Waals surface area contributed by atoms with E-state index in [1.54, 1.807) is 19.1 Å². The van der Waals surface area contributed by atoms with Gasteiger partial charge in [0.1, 0.15) is 0 Å². The third kappa shape index (κ3) is 3.87. The van der Waals surface area contributed by atoms with Crippen LogP contribution in [0.1, 0.15) is 22.8 Å². The molecule has 0 saturated carbocycles. The number of hydrazone groups is 1. The molecule has 9 heteroatoms. The summed E-state index contributed by atoms with van der Waals surface area (Å²) in [5.74, 6) is -1.41. The number of hydrogen-bond acceptors (Lipinski definition) is 7. The second-order valence-electron chi connectivity index (χ2n) is 6.75. The Labute approximate surface area is 176 Å². The Balaban J connectivity index is 1.53. The van der Waals surface area contributed by atoms with Crippen molar-refractivity contribution in [1.29, 1.82) is 0 Å². The standard InChI is InChI=1S/C21H17N5O3S/c1-12-6-8-14(9-7-12)17-11-30-21(22-17)26-19(27)18(13(2)25-26)24-23-16-5-3-4-15(10-16)20(28)29/h3-11,18H,1-2H3,(H,28,29). The molecular formula is C21H17N5O3S. The number of carbonyl (C=O) groups excluding carboxylic acids is 1. The first-order chi connectivity index (χ1) is 14.4. The molecule has 0 saturated heterocycles. The molecule has 4 rings (SSSR count). The number of benzene rings is 2. The van der Waals surface area contributed by atoms with Gasteiger partial charge in [-0.1, -0.05) is 35.9 Å². The molecule has 2 aromatic carbocycles. The van der Waals surface area contributed by atoms with Gasteiger partial charge in [-0.15, -0.1) is 11.3 Å². The molecule has 1 N–H and O–H groups in total. The van der Waals surface area contributed by atoms with Crippen molar-refractivity contribution < 1.29 is 14.7 Å². The summed E-state index contributed by atoms with van der Waals surface area (Å²) in [6.07, 6.45) is 0. The number of aryl methyl sites for hydroxylation is 1. The van der Waals surface area contributed by atoms with Crippen molar-refractivity contribution in [2.24, 2.45) is 15.3 Å². The highest BCUT2D eigenvalue weighted by Gasteiger charge is 2.36. The molecule has 0 fully saturated rings. The van der Waals surface area contributed by atoms with Gasteiger partial charge in [-0.05, 0) is 32.0 Å². The van der Waals surface area contributed by atoms with Crippen molar-refractivity contribution in [3.63, 3.8) is 0 Å². The van der Waals surface area contributed by atoms with Crippen molar-refractivity contribution in [3.05, 3.63) is 65.0 Å². The molecule has 1 aromatic heterocycles. The first-order valence-corrected chi connectivity index (χ1v) is 9.96. The SMILES string of the molecule is CC1=NN(c2nc(-c3ccc(C)cc3)cs2)C(=O)C1N=Nc1cccc(C(=O)O)c1. The second-order valence-corrected chi connectivity index (χ2v) is 7.58. The number of aromatic carboxylic acids is 1. The summed E-state index contributed by atoms with van der Waals surface area (Å²) in [4.78, 5) is 28.5. The van der Waals surface area contributed by atoms with Crippen molar-refractivity contribution in [2.75, 3.05) is 5.01 Å². The molecule has 1 aliphatic heterocycles. The third-order valence-electron chi connectivity index (χ3n) is 4.50. The Morgan fingerprint density at radius 1 is 1.17 bits per heavy atom. The summed E-state index contributed by atoms with van der Waals surface area (Å²) in [5, 5.41) is 25.1. The minimum absolute atomic E-state index is 0.0997. The van der Waals surface area contributed by atoms with Crippen LogP contribution < -0.4 is 5.01 Å². The highest BCUT2D eigenvalue weighted by molar-refractivity contribution is 7.14. The summed E-state index contributed by atoms with van der Waals surface area (Å²) >= 11 is 1.32. The molecule has 1 unspecified atom stereocenters. The average Bonchev–Trinajstić information content (AvgIpc) is 3.32. The van der Waals surface area contributed by atoms with Gasteiger partial charge >= 0.3 is 5.97 Å². The Morgan fingerprint density at radius 2 is 1.93 bits per heavy atom. The number of rotatable bonds is 5. The van der Waals surface area contributed by atoms with E-state index in [-0.39, 0.29) is 11.5 Å². The van der Waals surface area contributed by atoms with Crippen molar-refractivity contribution in [2.45, 2.75) is 19.9 Å². The molecule has 8 nitrogen and oxygen atoms in total. The van der Waals surface area contributed by atoms with Crippen molar-refractivity contribution in [3.8, 4) is 11.3 Å². The number of carboxylic acid groups (broad SMARTS) is 1. The summed E-state index contributed by atoms with van der Waals surface area (Å²) in [5.41, 5.74) is 3.83. The van der Waals surface area contributed by atoms with Gasteiger partial charge in [0, 0.05) is 10.9 Å². The summed E-state index contributed by atoms with van der Waals surface area (Å²) in [6.45, 7) is 3.72. The number of amides is 1. The van der Waals surface area contributed by atoms with Gasteiger partial charge in [-0.2, -0.15) is 20.3 Å². The maximum atomic E-state index is 12.8. The van der Waals surface area contributed by atoms with E-state index in [1.165, 1.54) is 28.5 Å². The van der Waals surface area contributed by atoms with Crippen molar-refractivity contribution >= 4 is 39.7 Å². The number of hydrogen-bond donors (Lipinski definition) is 1. The van der Waals surface area contributed by atoms with Crippen LogP contribution in [0.25, 0.3) is 11.3 Å². The van der Waals surface area contributed by atoms with Gasteiger partial charge in [0.25, 0.3) is 5.91 Å². The van der Waals surface area contributed by atoms with E-state index in [9.17, 15) is 9.59 Å². The molecular weight excluding hydrogens is 402 g/mol. The predicted molar refractivity (Wildman–Crippen MR) is 115 cm³/mol. The molecule has 1 aliphatic rings. The molecule has 1 atom stereocenters. The summed E-state index contributed by atoms with van der Waals surface area (Å²) in [6, 6.07) is 13.2. The maximum Gasteiger partial charge on any atom is 0.335 e. The Kier molecular flexibility index (Phi) is 5.20. The average molecular weight is 419 g/mol. The van der Waals surface area contributed by atoms with E-state index in [0.717, 1.165) is 16.8 Å². The zero-order valence-electron chi connectivity index (χ0n) is 16.2. The lowest BCUT2D eigenvalue weighted by Gasteiger charge is -2.08. The first kappa shape index (κ1) is 19.6. The van der Waals surface area contributed by atoms with E-state index in [1.807, 2.05) is 36.6 Å². The molecule has 2 heterocycles. The van der Waals surface area contributed by atoms with Crippen LogP contribution in [0.2, 0.25) is 0 Å². The van der Waals surface area contributed by atoms with Gasteiger partial charge < -0.3 is 5.11 Å². The van der Waals surface area contributed by atoms with Crippen LogP contribution in [-0.4, -0.2) is 33.7 Å². The molecule has 0 aliphatic carbocycles. The number of carbonyl (C=O) groups is 2. The predicted octanol–water partition coefficient (Wildman–Crippen LogP) is 4.69. The van der Waals surface area contributed by atoms with E-state index in [2.05, 4.69) is 20.3 Å². The quantitative estimate of drug-likeness (QED) is 0.605. The van der Waals surface area contributed by atoms with Crippen LogP contribution in [0.15, 0.2) is 69.2 Å².